The Morgan fingerprint density at radius 1 is 1.22 bits per heavy atom. The molecule has 1 aliphatic heterocycles. The molecule has 0 aromatic heterocycles. The van der Waals surface area contributed by atoms with Crippen LogP contribution in [0.25, 0.3) is 0 Å². The van der Waals surface area contributed by atoms with Crippen LogP contribution in [0.5, 0.6) is 0 Å². The van der Waals surface area contributed by atoms with Gasteiger partial charge in [0.1, 0.15) is 0 Å². The van der Waals surface area contributed by atoms with Gasteiger partial charge in [0, 0.05) is 17.7 Å². The van der Waals surface area contributed by atoms with E-state index >= 15 is 0 Å². The van der Waals surface area contributed by atoms with Crippen molar-refractivity contribution < 1.29 is 9.72 Å². The number of carbonyl (C=O) groups excluding carboxylic acids is 1. The smallest absolute Gasteiger partial charge is 0.270 e. The molecule has 1 amide bonds. The minimum absolute atomic E-state index is 0.00577. The lowest BCUT2D eigenvalue weighted by Gasteiger charge is -2.15. The predicted molar refractivity (Wildman–Crippen MR) is 107 cm³/mol. The quantitative estimate of drug-likeness (QED) is 0.431. The molecule has 0 unspecified atom stereocenters. The fraction of sp³-hybridized carbons (Fsp3) is 0.211. The standard InChI is InChI=1S/C19H18N4O3S/c1-2-17-18(24)22(13-14-7-4-3-5-8-14)19(27-17)21-20-12-15-9-6-10-16(11-15)23(25)26/h3-12,17H,2,13H2,1H3/b20-12-,21-19+/t17-/m1/s1. The number of thioether (sulfide) groups is 1. The Balaban J connectivity index is 1.80. The van der Waals surface area contributed by atoms with E-state index in [0.29, 0.717) is 23.7 Å². The van der Waals surface area contributed by atoms with Gasteiger partial charge in [-0.15, -0.1) is 5.10 Å². The SMILES string of the molecule is CC[C@H]1S/C(=N/N=C\c2cccc([N+](=O)[O-])c2)N(Cc2ccccc2)C1=O. The number of hydrogen-bond acceptors (Lipinski definition) is 6. The van der Waals surface area contributed by atoms with Crippen molar-refractivity contribution in [1.82, 2.24) is 4.90 Å². The topological polar surface area (TPSA) is 88.2 Å². The second kappa shape index (κ2) is 8.59. The van der Waals surface area contributed by atoms with Crippen LogP contribution in [0.4, 0.5) is 5.69 Å². The zero-order chi connectivity index (χ0) is 19.2. The van der Waals surface area contributed by atoms with Crippen molar-refractivity contribution in [3.63, 3.8) is 0 Å². The number of hydrogen-bond donors (Lipinski definition) is 0. The van der Waals surface area contributed by atoms with E-state index in [0.717, 1.165) is 5.56 Å². The summed E-state index contributed by atoms with van der Waals surface area (Å²) in [6.07, 6.45) is 2.16. The van der Waals surface area contributed by atoms with Crippen LogP contribution in [0.2, 0.25) is 0 Å². The summed E-state index contributed by atoms with van der Waals surface area (Å²) in [7, 11) is 0. The number of amidine groups is 1. The molecule has 138 valence electrons. The summed E-state index contributed by atoms with van der Waals surface area (Å²) in [6, 6.07) is 15.8. The molecule has 1 fully saturated rings. The Hall–Kier alpha value is -3.00. The van der Waals surface area contributed by atoms with Gasteiger partial charge in [-0.25, -0.2) is 0 Å². The number of nitro benzene ring substituents is 1. The van der Waals surface area contributed by atoms with E-state index in [4.69, 9.17) is 0 Å². The largest absolute Gasteiger partial charge is 0.284 e. The molecule has 2 aromatic carbocycles. The highest BCUT2D eigenvalue weighted by atomic mass is 32.2. The Morgan fingerprint density at radius 2 is 2.00 bits per heavy atom. The second-order valence-corrected chi connectivity index (χ2v) is 7.07. The summed E-state index contributed by atoms with van der Waals surface area (Å²) < 4.78 is 0. The molecule has 0 N–H and O–H groups in total. The molecule has 0 saturated carbocycles. The molecule has 1 heterocycles. The van der Waals surface area contributed by atoms with Gasteiger partial charge in [-0.1, -0.05) is 61.2 Å². The van der Waals surface area contributed by atoms with Crippen molar-refractivity contribution in [3.05, 3.63) is 75.8 Å². The first-order chi connectivity index (χ1) is 13.1. The van der Waals surface area contributed by atoms with Gasteiger partial charge in [0.25, 0.3) is 5.69 Å². The first-order valence-electron chi connectivity index (χ1n) is 8.46. The zero-order valence-corrected chi connectivity index (χ0v) is 15.5. The third-order valence-electron chi connectivity index (χ3n) is 4.01. The molecular formula is C19H18N4O3S. The van der Waals surface area contributed by atoms with Crippen LogP contribution in [0.15, 0.2) is 64.8 Å². The lowest BCUT2D eigenvalue weighted by atomic mass is 10.2. The highest BCUT2D eigenvalue weighted by Gasteiger charge is 2.36. The van der Waals surface area contributed by atoms with Crippen LogP contribution in [-0.2, 0) is 11.3 Å². The molecule has 1 saturated heterocycles. The van der Waals surface area contributed by atoms with Crippen LogP contribution in [0, 0.1) is 10.1 Å². The number of non-ortho nitro benzene ring substituents is 1. The molecule has 0 bridgehead atoms. The maximum absolute atomic E-state index is 12.6. The Kier molecular flexibility index (Phi) is 5.97. The van der Waals surface area contributed by atoms with Gasteiger partial charge < -0.3 is 0 Å². The van der Waals surface area contributed by atoms with Crippen molar-refractivity contribution in [2.24, 2.45) is 10.2 Å². The number of nitrogens with zero attached hydrogens (tertiary/aromatic N) is 4. The van der Waals surface area contributed by atoms with Crippen molar-refractivity contribution in [1.29, 1.82) is 0 Å². The molecule has 2 aromatic rings. The second-order valence-electron chi connectivity index (χ2n) is 5.90. The fourth-order valence-corrected chi connectivity index (χ4v) is 3.65. The van der Waals surface area contributed by atoms with Crippen LogP contribution in [0.1, 0.15) is 24.5 Å². The predicted octanol–water partition coefficient (Wildman–Crippen LogP) is 3.84. The minimum atomic E-state index is -0.456. The van der Waals surface area contributed by atoms with Gasteiger partial charge in [-0.2, -0.15) is 5.10 Å². The van der Waals surface area contributed by atoms with Crippen molar-refractivity contribution >= 4 is 34.7 Å². The van der Waals surface area contributed by atoms with Gasteiger partial charge in [0.2, 0.25) is 5.91 Å². The molecule has 1 aliphatic rings. The molecule has 8 heteroatoms. The van der Waals surface area contributed by atoms with Crippen LogP contribution >= 0.6 is 11.8 Å². The highest BCUT2D eigenvalue weighted by molar-refractivity contribution is 8.15. The van der Waals surface area contributed by atoms with E-state index < -0.39 is 4.92 Å². The highest BCUT2D eigenvalue weighted by Crippen LogP contribution is 2.30. The molecular weight excluding hydrogens is 364 g/mol. The van der Waals surface area contributed by atoms with Gasteiger partial charge >= 0.3 is 0 Å². The lowest BCUT2D eigenvalue weighted by molar-refractivity contribution is -0.384. The summed E-state index contributed by atoms with van der Waals surface area (Å²) in [6.45, 7) is 2.40. The van der Waals surface area contributed by atoms with E-state index in [1.165, 1.54) is 30.1 Å². The van der Waals surface area contributed by atoms with E-state index in [-0.39, 0.29) is 16.8 Å². The molecule has 0 spiro atoms. The molecule has 0 aliphatic carbocycles. The molecule has 27 heavy (non-hydrogen) atoms. The Bertz CT molecular complexity index is 899. The summed E-state index contributed by atoms with van der Waals surface area (Å²) in [4.78, 5) is 24.6. The maximum atomic E-state index is 12.6. The normalized spacial score (nSPS) is 18.6. The number of carbonyl (C=O) groups is 1. The minimum Gasteiger partial charge on any atom is -0.284 e. The molecule has 3 rings (SSSR count). The van der Waals surface area contributed by atoms with Gasteiger partial charge in [-0.05, 0) is 12.0 Å². The number of amides is 1. The third-order valence-corrected chi connectivity index (χ3v) is 5.34. The van der Waals surface area contributed by atoms with Gasteiger partial charge in [0.15, 0.2) is 5.17 Å². The van der Waals surface area contributed by atoms with Crippen LogP contribution in [0.3, 0.4) is 0 Å². The average molecular weight is 382 g/mol. The van der Waals surface area contributed by atoms with Crippen molar-refractivity contribution in [2.45, 2.75) is 25.1 Å². The summed E-state index contributed by atoms with van der Waals surface area (Å²) in [5.74, 6) is 0.0238. The average Bonchev–Trinajstić information content (AvgIpc) is 2.98. The van der Waals surface area contributed by atoms with Gasteiger partial charge in [0.05, 0.1) is 22.9 Å². The Labute approximate surface area is 160 Å². The monoisotopic (exact) mass is 382 g/mol. The third kappa shape index (κ3) is 4.59. The van der Waals surface area contributed by atoms with E-state index in [1.54, 1.807) is 17.0 Å². The summed E-state index contributed by atoms with van der Waals surface area (Å²) >= 11 is 1.39. The van der Waals surface area contributed by atoms with Crippen LogP contribution < -0.4 is 0 Å². The summed E-state index contributed by atoms with van der Waals surface area (Å²) in [5.41, 5.74) is 1.58. The maximum Gasteiger partial charge on any atom is 0.270 e. The molecule has 1 atom stereocenters. The first kappa shape index (κ1) is 18.8. The van der Waals surface area contributed by atoms with Crippen molar-refractivity contribution in [2.75, 3.05) is 0 Å². The zero-order valence-electron chi connectivity index (χ0n) is 14.7. The Morgan fingerprint density at radius 3 is 2.70 bits per heavy atom. The summed E-state index contributed by atoms with van der Waals surface area (Å²) in [5, 5.41) is 19.5. The van der Waals surface area contributed by atoms with Crippen molar-refractivity contribution in [3.8, 4) is 0 Å². The van der Waals surface area contributed by atoms with E-state index in [1.807, 2.05) is 37.3 Å². The number of rotatable bonds is 6. The van der Waals surface area contributed by atoms with E-state index in [2.05, 4.69) is 10.2 Å². The molecule has 0 radical (unpaired) electrons. The van der Waals surface area contributed by atoms with Crippen LogP contribution in [-0.4, -0.2) is 32.4 Å². The lowest BCUT2D eigenvalue weighted by Crippen LogP contribution is -2.31. The number of nitro groups is 1. The van der Waals surface area contributed by atoms with E-state index in [9.17, 15) is 14.9 Å². The number of benzene rings is 2. The fourth-order valence-electron chi connectivity index (χ4n) is 2.62. The van der Waals surface area contributed by atoms with Gasteiger partial charge in [-0.3, -0.25) is 19.8 Å². The first-order valence-corrected chi connectivity index (χ1v) is 9.34. The molecule has 7 nitrogen and oxygen atoms in total.